The topological polar surface area (TPSA) is 164 Å². The Kier molecular flexibility index (Phi) is 5.71. The number of nitriles is 3. The van der Waals surface area contributed by atoms with Crippen molar-refractivity contribution in [2.45, 2.75) is 0 Å². The van der Waals surface area contributed by atoms with Gasteiger partial charge in [0.2, 0.25) is 0 Å². The largest absolute Gasteiger partial charge is 0.305 e. The summed E-state index contributed by atoms with van der Waals surface area (Å²) in [4.78, 5) is 34.4. The van der Waals surface area contributed by atoms with E-state index in [1.54, 1.807) is 30.3 Å². The van der Waals surface area contributed by atoms with Gasteiger partial charge in [0.25, 0.3) is 0 Å². The van der Waals surface area contributed by atoms with Gasteiger partial charge in [0, 0.05) is 11.1 Å². The Morgan fingerprint density at radius 1 is 0.675 bits per heavy atom. The van der Waals surface area contributed by atoms with Crippen molar-refractivity contribution in [2.24, 2.45) is 20.0 Å². The Morgan fingerprint density at radius 2 is 1.35 bits per heavy atom. The zero-order valence-corrected chi connectivity index (χ0v) is 20.3. The van der Waals surface area contributed by atoms with Crippen LogP contribution in [-0.2, 0) is 0 Å². The third-order valence-corrected chi connectivity index (χ3v) is 5.94. The van der Waals surface area contributed by atoms with Crippen LogP contribution in [0.15, 0.2) is 104 Å². The summed E-state index contributed by atoms with van der Waals surface area (Å²) in [5.74, 6) is 0.526. The molecule has 2 aliphatic rings. The summed E-state index contributed by atoms with van der Waals surface area (Å²) in [7, 11) is 0. The number of aromatic nitrogens is 3. The molecule has 2 aliphatic heterocycles. The Labute approximate surface area is 225 Å². The molecule has 3 heterocycles. The third kappa shape index (κ3) is 3.95. The van der Waals surface area contributed by atoms with Crippen LogP contribution in [-0.4, -0.2) is 15.0 Å². The molecule has 0 saturated heterocycles. The number of rotatable bonds is 3. The van der Waals surface area contributed by atoms with Gasteiger partial charge in [0.05, 0.1) is 34.3 Å². The first-order chi connectivity index (χ1) is 19.6. The molecular weight excluding hydrogens is 502 g/mol. The molecule has 4 aromatic rings. The predicted molar refractivity (Wildman–Crippen MR) is 138 cm³/mol. The van der Waals surface area contributed by atoms with Crippen LogP contribution in [0.3, 0.4) is 0 Å². The summed E-state index contributed by atoms with van der Waals surface area (Å²) < 4.78 is 0. The van der Waals surface area contributed by atoms with Crippen molar-refractivity contribution in [3.8, 4) is 41.0 Å². The summed E-state index contributed by atoms with van der Waals surface area (Å²) in [6, 6.07) is 25.6. The summed E-state index contributed by atoms with van der Waals surface area (Å²) in [5, 5.41) is 31.3. The fourth-order valence-corrected chi connectivity index (χ4v) is 4.10. The number of fused-ring (bicyclic) bond motifs is 2. The van der Waals surface area contributed by atoms with Crippen LogP contribution in [0.4, 0.5) is 0 Å². The van der Waals surface area contributed by atoms with E-state index in [0.717, 1.165) is 0 Å². The number of para-hydroxylation sites is 2. The first-order valence-electron chi connectivity index (χ1n) is 11.6. The Hall–Kier alpha value is -6.69. The monoisotopic (exact) mass is 513 g/mol. The second-order valence-corrected chi connectivity index (χ2v) is 8.28. The zero-order chi connectivity index (χ0) is 27.6. The van der Waals surface area contributed by atoms with Crippen LogP contribution in [0, 0.1) is 40.6 Å². The van der Waals surface area contributed by atoms with Crippen LogP contribution in [0.25, 0.3) is 33.2 Å². The highest BCUT2D eigenvalue weighted by atomic mass is 15.1. The molecule has 0 unspecified atom stereocenters. The van der Waals surface area contributed by atoms with Crippen molar-refractivity contribution < 1.29 is 0 Å². The number of hydrogen-bond donors (Lipinski definition) is 0. The molecule has 11 heteroatoms. The van der Waals surface area contributed by atoms with Crippen LogP contribution in [0.5, 0.6) is 0 Å². The van der Waals surface area contributed by atoms with E-state index in [1.165, 1.54) is 0 Å². The van der Waals surface area contributed by atoms with Crippen molar-refractivity contribution in [1.29, 1.82) is 15.8 Å². The van der Waals surface area contributed by atoms with Crippen molar-refractivity contribution in [3.63, 3.8) is 0 Å². The summed E-state index contributed by atoms with van der Waals surface area (Å²) in [6.07, 6.45) is 0. The number of allylic oxidation sites excluding steroid dienone is 2. The highest BCUT2D eigenvalue weighted by molar-refractivity contribution is 5.78. The van der Waals surface area contributed by atoms with Crippen LogP contribution in [0.2, 0.25) is 0 Å². The molecular formula is C29H11N11. The lowest BCUT2D eigenvalue weighted by molar-refractivity contribution is 1.03. The second kappa shape index (κ2) is 9.64. The van der Waals surface area contributed by atoms with Crippen molar-refractivity contribution >= 4 is 5.57 Å². The minimum atomic E-state index is -0.286. The van der Waals surface area contributed by atoms with Crippen molar-refractivity contribution in [2.75, 3.05) is 0 Å². The second-order valence-electron chi connectivity index (χ2n) is 8.28. The van der Waals surface area contributed by atoms with Gasteiger partial charge in [-0.1, -0.05) is 42.5 Å². The highest BCUT2D eigenvalue weighted by Crippen LogP contribution is 2.26. The molecule has 0 saturated carbocycles. The molecule has 0 atom stereocenters. The molecule has 0 radical (unpaired) electrons. The van der Waals surface area contributed by atoms with Gasteiger partial charge in [0.15, 0.2) is 29.1 Å². The van der Waals surface area contributed by atoms with E-state index in [1.807, 2.05) is 42.5 Å². The van der Waals surface area contributed by atoms with E-state index in [4.69, 9.17) is 6.57 Å². The molecule has 3 aromatic carbocycles. The van der Waals surface area contributed by atoms with Gasteiger partial charge in [-0.25, -0.2) is 45.0 Å². The van der Waals surface area contributed by atoms with E-state index in [9.17, 15) is 15.8 Å². The minimum Gasteiger partial charge on any atom is -0.238 e. The molecule has 11 nitrogen and oxygen atoms in total. The predicted octanol–water partition coefficient (Wildman–Crippen LogP) is 2.09. The first-order valence-corrected chi connectivity index (χ1v) is 11.6. The summed E-state index contributed by atoms with van der Waals surface area (Å²) >= 11 is 0. The van der Waals surface area contributed by atoms with Crippen molar-refractivity contribution in [3.05, 3.63) is 128 Å². The number of benzene rings is 3. The van der Waals surface area contributed by atoms with Crippen LogP contribution >= 0.6 is 0 Å². The van der Waals surface area contributed by atoms with Gasteiger partial charge in [-0.15, -0.1) is 0 Å². The highest BCUT2D eigenvalue weighted by Gasteiger charge is 2.22. The lowest BCUT2D eigenvalue weighted by atomic mass is 10.1. The average molecular weight is 513 g/mol. The van der Waals surface area contributed by atoms with E-state index < -0.39 is 0 Å². The SMILES string of the molecule is [C-]#[N+]/C(C#N)=C1\N=c2ccc(-c3nc(C(C#N)=C4N=c5ccccc5=N4)nc(-c4ccccc4)n3)c(C#N)c2=N1. The van der Waals surface area contributed by atoms with Gasteiger partial charge >= 0.3 is 5.70 Å². The zero-order valence-electron chi connectivity index (χ0n) is 20.3. The van der Waals surface area contributed by atoms with Crippen molar-refractivity contribution in [1.82, 2.24) is 15.0 Å². The standard InChI is InChI=1S/C29H11N11/c1-33-23(15-32)29-36-22-12-11-17(18(13-30)24(22)37-29)26-38-25(16-7-3-2-4-8-16)39-28(40-26)19(14-31)27-34-20-9-5-6-10-21(20)35-27/h2-12H/b29-23+. The Balaban J connectivity index is 1.62. The van der Waals surface area contributed by atoms with Gasteiger partial charge in [0.1, 0.15) is 23.1 Å². The summed E-state index contributed by atoms with van der Waals surface area (Å²) in [5.41, 5.74) is 0.833. The van der Waals surface area contributed by atoms with Gasteiger partial charge in [-0.2, -0.15) is 10.5 Å². The van der Waals surface area contributed by atoms with E-state index in [2.05, 4.69) is 51.9 Å². The molecule has 0 fully saturated rings. The quantitative estimate of drug-likeness (QED) is 0.301. The molecule has 0 bridgehead atoms. The van der Waals surface area contributed by atoms with Gasteiger partial charge in [-0.05, 0) is 24.3 Å². The molecule has 6 rings (SSSR count). The molecule has 0 aliphatic carbocycles. The molecule has 1 aromatic heterocycles. The van der Waals surface area contributed by atoms with Gasteiger partial charge < -0.3 is 0 Å². The molecule has 182 valence electrons. The van der Waals surface area contributed by atoms with Crippen LogP contribution in [0.1, 0.15) is 11.4 Å². The third-order valence-electron chi connectivity index (χ3n) is 5.94. The number of nitrogens with zero attached hydrogens (tertiary/aromatic N) is 11. The lowest BCUT2D eigenvalue weighted by Crippen LogP contribution is -2.25. The minimum absolute atomic E-state index is 0.0352. The summed E-state index contributed by atoms with van der Waals surface area (Å²) in [6.45, 7) is 7.19. The normalized spacial score (nSPS) is 13.4. The molecule has 0 amide bonds. The van der Waals surface area contributed by atoms with E-state index in [0.29, 0.717) is 27.2 Å². The molecule has 40 heavy (non-hydrogen) atoms. The Morgan fingerprint density at radius 3 is 2.00 bits per heavy atom. The molecule has 0 N–H and O–H groups in total. The number of hydrogen-bond acceptors (Lipinski definition) is 10. The molecule has 0 spiro atoms. The smallest absolute Gasteiger partial charge is 0.238 e. The van der Waals surface area contributed by atoms with E-state index in [-0.39, 0.29) is 51.3 Å². The van der Waals surface area contributed by atoms with Crippen LogP contribution < -0.4 is 21.4 Å². The maximum Gasteiger partial charge on any atom is 0.305 e. The lowest BCUT2D eigenvalue weighted by Gasteiger charge is -2.08. The van der Waals surface area contributed by atoms with E-state index >= 15 is 0 Å². The first kappa shape index (κ1) is 23.7. The average Bonchev–Trinajstić information content (AvgIpc) is 3.62. The fourth-order valence-electron chi connectivity index (χ4n) is 4.10. The fraction of sp³-hybridized carbons (Fsp3) is 0. The van der Waals surface area contributed by atoms with Gasteiger partial charge in [-0.3, -0.25) is 0 Å². The maximum atomic E-state index is 10.1. The Bertz CT molecular complexity index is 2200. The maximum absolute atomic E-state index is 10.1.